The zero-order chi connectivity index (χ0) is 14.6. The highest BCUT2D eigenvalue weighted by Gasteiger charge is 2.24. The molecule has 0 aliphatic carbocycles. The van der Waals surface area contributed by atoms with Gasteiger partial charge in [-0.1, -0.05) is 12.1 Å². The molecular formula is C15H20N4O. The van der Waals surface area contributed by atoms with Gasteiger partial charge in [0.25, 0.3) is 0 Å². The number of rotatable bonds is 5. The lowest BCUT2D eigenvalue weighted by Gasteiger charge is -2.22. The molecule has 0 aliphatic heterocycles. The summed E-state index contributed by atoms with van der Waals surface area (Å²) in [6.45, 7) is 4.41. The van der Waals surface area contributed by atoms with Crippen molar-refractivity contribution in [3.8, 4) is 0 Å². The van der Waals surface area contributed by atoms with Crippen molar-refractivity contribution < 1.29 is 4.79 Å². The summed E-state index contributed by atoms with van der Waals surface area (Å²) in [7, 11) is 1.77. The van der Waals surface area contributed by atoms with Crippen molar-refractivity contribution >= 4 is 11.6 Å². The molecule has 0 spiro atoms. The topological polar surface area (TPSA) is 59.0 Å². The van der Waals surface area contributed by atoms with E-state index in [1.807, 2.05) is 55.1 Å². The highest BCUT2D eigenvalue weighted by Crippen LogP contribution is 2.13. The molecule has 1 amide bonds. The maximum atomic E-state index is 12.0. The van der Waals surface area contributed by atoms with Gasteiger partial charge in [0, 0.05) is 18.1 Å². The fourth-order valence-electron chi connectivity index (χ4n) is 1.68. The van der Waals surface area contributed by atoms with E-state index in [2.05, 4.69) is 15.7 Å². The van der Waals surface area contributed by atoms with Crippen LogP contribution in [-0.4, -0.2) is 28.3 Å². The lowest BCUT2D eigenvalue weighted by molar-refractivity contribution is -0.121. The van der Waals surface area contributed by atoms with Crippen molar-refractivity contribution in [1.29, 1.82) is 0 Å². The van der Waals surface area contributed by atoms with Gasteiger partial charge in [-0.2, -0.15) is 5.10 Å². The van der Waals surface area contributed by atoms with Crippen molar-refractivity contribution in [3.05, 3.63) is 48.3 Å². The fraction of sp³-hybridized carbons (Fsp3) is 0.333. The third-order valence-corrected chi connectivity index (χ3v) is 3.31. The first-order valence-electron chi connectivity index (χ1n) is 6.58. The Labute approximate surface area is 119 Å². The van der Waals surface area contributed by atoms with E-state index in [0.29, 0.717) is 0 Å². The standard InChI is InChI=1S/C15H20N4O/c1-15(2,16-3)14(20)18-13-7-5-12(6-8-13)11-19-10-4-9-17-19/h4-10,16H,11H2,1-3H3,(H,18,20). The molecule has 5 nitrogen and oxygen atoms in total. The lowest BCUT2D eigenvalue weighted by Crippen LogP contribution is -2.47. The molecule has 20 heavy (non-hydrogen) atoms. The summed E-state index contributed by atoms with van der Waals surface area (Å²) < 4.78 is 1.86. The first-order valence-corrected chi connectivity index (χ1v) is 6.58. The fourth-order valence-corrected chi connectivity index (χ4v) is 1.68. The smallest absolute Gasteiger partial charge is 0.244 e. The van der Waals surface area contributed by atoms with Crippen LogP contribution in [0.1, 0.15) is 19.4 Å². The van der Waals surface area contributed by atoms with Crippen molar-refractivity contribution in [2.75, 3.05) is 12.4 Å². The first-order chi connectivity index (χ1) is 9.51. The van der Waals surface area contributed by atoms with Crippen molar-refractivity contribution in [2.24, 2.45) is 0 Å². The summed E-state index contributed by atoms with van der Waals surface area (Å²) in [5.74, 6) is -0.0557. The van der Waals surface area contributed by atoms with Gasteiger partial charge in [0.1, 0.15) is 0 Å². The van der Waals surface area contributed by atoms with Crippen LogP contribution < -0.4 is 10.6 Å². The molecule has 0 fully saturated rings. The lowest BCUT2D eigenvalue weighted by atomic mass is 10.0. The molecule has 5 heteroatoms. The molecule has 1 heterocycles. The molecule has 2 rings (SSSR count). The number of nitrogens with one attached hydrogen (secondary N) is 2. The second-order valence-corrected chi connectivity index (χ2v) is 5.23. The van der Waals surface area contributed by atoms with E-state index in [-0.39, 0.29) is 5.91 Å². The quantitative estimate of drug-likeness (QED) is 0.873. The summed E-state index contributed by atoms with van der Waals surface area (Å²) in [6, 6.07) is 9.69. The average molecular weight is 272 g/mol. The summed E-state index contributed by atoms with van der Waals surface area (Å²) in [4.78, 5) is 12.0. The Kier molecular flexibility index (Phi) is 4.20. The maximum absolute atomic E-state index is 12.0. The van der Waals surface area contributed by atoms with Gasteiger partial charge in [0.2, 0.25) is 5.91 Å². The number of hydrogen-bond acceptors (Lipinski definition) is 3. The highest BCUT2D eigenvalue weighted by atomic mass is 16.2. The van der Waals surface area contributed by atoms with Crippen LogP contribution in [0.3, 0.4) is 0 Å². The van der Waals surface area contributed by atoms with Crippen molar-refractivity contribution in [1.82, 2.24) is 15.1 Å². The third-order valence-electron chi connectivity index (χ3n) is 3.31. The van der Waals surface area contributed by atoms with Crippen LogP contribution in [0.4, 0.5) is 5.69 Å². The summed E-state index contributed by atoms with van der Waals surface area (Å²) in [5.41, 5.74) is 1.34. The molecule has 106 valence electrons. The van der Waals surface area contributed by atoms with E-state index < -0.39 is 5.54 Å². The van der Waals surface area contributed by atoms with Crippen molar-refractivity contribution in [2.45, 2.75) is 25.9 Å². The molecule has 0 saturated carbocycles. The monoisotopic (exact) mass is 272 g/mol. The number of carbonyl (C=O) groups excluding carboxylic acids is 1. The molecule has 0 atom stereocenters. The number of hydrogen-bond donors (Lipinski definition) is 2. The second kappa shape index (κ2) is 5.88. The number of nitrogens with zero attached hydrogens (tertiary/aromatic N) is 2. The second-order valence-electron chi connectivity index (χ2n) is 5.23. The zero-order valence-corrected chi connectivity index (χ0v) is 12.1. The molecule has 1 aromatic carbocycles. The Morgan fingerprint density at radius 2 is 2.00 bits per heavy atom. The van der Waals surface area contributed by atoms with E-state index in [0.717, 1.165) is 17.8 Å². The van der Waals surface area contributed by atoms with Crippen LogP contribution in [0.25, 0.3) is 0 Å². The van der Waals surface area contributed by atoms with E-state index in [1.165, 1.54) is 0 Å². The Hall–Kier alpha value is -2.14. The van der Waals surface area contributed by atoms with Gasteiger partial charge >= 0.3 is 0 Å². The summed E-state index contributed by atoms with van der Waals surface area (Å²) in [5, 5.41) is 10.0. The largest absolute Gasteiger partial charge is 0.325 e. The molecule has 0 unspecified atom stereocenters. The van der Waals surface area contributed by atoms with Crippen LogP contribution in [0, 0.1) is 0 Å². The van der Waals surface area contributed by atoms with Crippen LogP contribution in [0.5, 0.6) is 0 Å². The van der Waals surface area contributed by atoms with Crippen LogP contribution in [0.15, 0.2) is 42.7 Å². The van der Waals surface area contributed by atoms with E-state index in [1.54, 1.807) is 13.2 Å². The molecule has 0 radical (unpaired) electrons. The number of amides is 1. The third kappa shape index (κ3) is 3.45. The Bertz CT molecular complexity index is 558. The SMILES string of the molecule is CNC(C)(C)C(=O)Nc1ccc(Cn2cccn2)cc1. The molecule has 2 aromatic rings. The van der Waals surface area contributed by atoms with Gasteiger partial charge in [-0.25, -0.2) is 0 Å². The Morgan fingerprint density at radius 3 is 2.55 bits per heavy atom. The predicted molar refractivity (Wildman–Crippen MR) is 79.5 cm³/mol. The Morgan fingerprint density at radius 1 is 1.30 bits per heavy atom. The minimum atomic E-state index is -0.590. The molecule has 0 bridgehead atoms. The van der Waals surface area contributed by atoms with Gasteiger partial charge < -0.3 is 10.6 Å². The zero-order valence-electron chi connectivity index (χ0n) is 12.1. The van der Waals surface area contributed by atoms with E-state index >= 15 is 0 Å². The molecule has 1 aromatic heterocycles. The van der Waals surface area contributed by atoms with Gasteiger partial charge in [-0.05, 0) is 44.7 Å². The number of anilines is 1. The predicted octanol–water partition coefficient (Wildman–Crippen LogP) is 1.87. The van der Waals surface area contributed by atoms with E-state index in [4.69, 9.17) is 0 Å². The minimum Gasteiger partial charge on any atom is -0.325 e. The Balaban J connectivity index is 2.00. The van der Waals surface area contributed by atoms with Gasteiger partial charge in [0.15, 0.2) is 0 Å². The first kappa shape index (κ1) is 14.3. The average Bonchev–Trinajstić information content (AvgIpc) is 2.94. The summed E-state index contributed by atoms with van der Waals surface area (Å²) in [6.07, 6.45) is 3.68. The van der Waals surface area contributed by atoms with Crippen LogP contribution >= 0.6 is 0 Å². The summed E-state index contributed by atoms with van der Waals surface area (Å²) >= 11 is 0. The number of likely N-dealkylation sites (N-methyl/N-ethyl adjacent to an activating group) is 1. The number of benzene rings is 1. The van der Waals surface area contributed by atoms with E-state index in [9.17, 15) is 4.79 Å². The van der Waals surface area contributed by atoms with Crippen molar-refractivity contribution in [3.63, 3.8) is 0 Å². The molecule has 0 saturated heterocycles. The number of aromatic nitrogens is 2. The van der Waals surface area contributed by atoms with Crippen LogP contribution in [0.2, 0.25) is 0 Å². The van der Waals surface area contributed by atoms with Gasteiger partial charge in [-0.3, -0.25) is 9.48 Å². The maximum Gasteiger partial charge on any atom is 0.244 e. The minimum absolute atomic E-state index is 0.0557. The van der Waals surface area contributed by atoms with Crippen LogP contribution in [-0.2, 0) is 11.3 Å². The number of carbonyl (C=O) groups is 1. The van der Waals surface area contributed by atoms with Gasteiger partial charge in [0.05, 0.1) is 12.1 Å². The molecular weight excluding hydrogens is 252 g/mol. The molecule has 2 N–H and O–H groups in total. The highest BCUT2D eigenvalue weighted by molar-refractivity contribution is 5.97. The molecule has 0 aliphatic rings. The normalized spacial score (nSPS) is 11.3. The van der Waals surface area contributed by atoms with Gasteiger partial charge in [-0.15, -0.1) is 0 Å².